The molecule has 134 valence electrons. The fourth-order valence-corrected chi connectivity index (χ4v) is 3.37. The van der Waals surface area contributed by atoms with Crippen LogP contribution in [0.5, 0.6) is 5.75 Å². The van der Waals surface area contributed by atoms with E-state index < -0.39 is 0 Å². The van der Waals surface area contributed by atoms with Crippen LogP contribution in [0.3, 0.4) is 0 Å². The Bertz CT molecular complexity index is 682. The van der Waals surface area contributed by atoms with Crippen molar-refractivity contribution in [2.75, 3.05) is 37.3 Å². The summed E-state index contributed by atoms with van der Waals surface area (Å²) in [7, 11) is 0. The molecular formula is C18H25N5OS. The number of likely N-dealkylation sites (tertiary alicyclic amines) is 1. The number of nitrogens with two attached hydrogens (primary N) is 1. The Balaban J connectivity index is 1.38. The highest BCUT2D eigenvalue weighted by Crippen LogP contribution is 2.18. The maximum Gasteiger partial charge on any atom is 0.207 e. The third-order valence-electron chi connectivity index (χ3n) is 4.08. The fraction of sp³-hybridized carbons (Fsp3) is 0.444. The molecule has 0 bridgehead atoms. The van der Waals surface area contributed by atoms with E-state index in [-0.39, 0.29) is 0 Å². The molecule has 1 fully saturated rings. The number of ether oxygens (including phenoxy) is 1. The summed E-state index contributed by atoms with van der Waals surface area (Å²) >= 11 is 1.34. The second-order valence-corrected chi connectivity index (χ2v) is 7.10. The molecular weight excluding hydrogens is 334 g/mol. The number of aromatic nitrogens is 2. The van der Waals surface area contributed by atoms with E-state index in [4.69, 9.17) is 10.5 Å². The van der Waals surface area contributed by atoms with Gasteiger partial charge < -0.3 is 15.8 Å². The number of rotatable bonds is 8. The van der Waals surface area contributed by atoms with Gasteiger partial charge in [0.1, 0.15) is 12.4 Å². The minimum atomic E-state index is 0.472. The number of hydrogen-bond acceptors (Lipinski definition) is 7. The number of benzene rings is 1. The zero-order valence-corrected chi connectivity index (χ0v) is 15.2. The van der Waals surface area contributed by atoms with Gasteiger partial charge in [-0.1, -0.05) is 36.0 Å². The van der Waals surface area contributed by atoms with E-state index in [1.807, 2.05) is 18.2 Å². The van der Waals surface area contributed by atoms with Gasteiger partial charge in [-0.15, -0.1) is 10.2 Å². The Hall–Kier alpha value is -2.12. The molecule has 1 aromatic heterocycles. The maximum atomic E-state index is 5.81. The van der Waals surface area contributed by atoms with Crippen molar-refractivity contribution in [3.05, 3.63) is 42.0 Å². The highest BCUT2D eigenvalue weighted by molar-refractivity contribution is 7.18. The maximum absolute atomic E-state index is 5.81. The minimum absolute atomic E-state index is 0.472. The summed E-state index contributed by atoms with van der Waals surface area (Å²) in [6.07, 6.45) is 8.01. The molecule has 0 amide bonds. The van der Waals surface area contributed by atoms with E-state index in [9.17, 15) is 0 Å². The third kappa shape index (κ3) is 6.03. The van der Waals surface area contributed by atoms with E-state index in [2.05, 4.69) is 38.6 Å². The third-order valence-corrected chi connectivity index (χ3v) is 4.79. The molecule has 25 heavy (non-hydrogen) atoms. The number of hydrogen-bond donors (Lipinski definition) is 2. The molecule has 0 saturated carbocycles. The van der Waals surface area contributed by atoms with Crippen LogP contribution in [0.15, 0.2) is 36.4 Å². The first-order chi connectivity index (χ1) is 12.3. The lowest BCUT2D eigenvalue weighted by Crippen LogP contribution is -2.29. The van der Waals surface area contributed by atoms with E-state index in [0.29, 0.717) is 18.3 Å². The summed E-state index contributed by atoms with van der Waals surface area (Å²) < 4.78 is 5.81. The van der Waals surface area contributed by atoms with Crippen molar-refractivity contribution in [2.24, 2.45) is 0 Å². The van der Waals surface area contributed by atoms with Gasteiger partial charge in [0.25, 0.3) is 0 Å². The molecule has 1 aromatic carbocycles. The summed E-state index contributed by atoms with van der Waals surface area (Å²) in [6.45, 7) is 4.66. The van der Waals surface area contributed by atoms with Crippen molar-refractivity contribution >= 4 is 21.6 Å². The van der Waals surface area contributed by atoms with Gasteiger partial charge in [-0.2, -0.15) is 0 Å². The molecule has 0 atom stereocenters. The lowest BCUT2D eigenvalue weighted by atomic mass is 10.1. The average Bonchev–Trinajstić information content (AvgIpc) is 3.04. The van der Waals surface area contributed by atoms with Gasteiger partial charge in [0.15, 0.2) is 0 Å². The second kappa shape index (κ2) is 9.39. The SMILES string of the molecule is Nc1nnc(NCC=CCOc2cccc(CN3CCCCC3)c2)s1. The first-order valence-electron chi connectivity index (χ1n) is 8.71. The lowest BCUT2D eigenvalue weighted by Gasteiger charge is -2.26. The van der Waals surface area contributed by atoms with E-state index >= 15 is 0 Å². The van der Waals surface area contributed by atoms with Gasteiger partial charge in [-0.25, -0.2) is 0 Å². The Kier molecular flexibility index (Phi) is 6.64. The summed E-state index contributed by atoms with van der Waals surface area (Å²) in [5, 5.41) is 12.0. The van der Waals surface area contributed by atoms with Crippen LogP contribution in [0, 0.1) is 0 Å². The molecule has 0 radical (unpaired) electrons. The van der Waals surface area contributed by atoms with Crippen molar-refractivity contribution in [1.29, 1.82) is 0 Å². The van der Waals surface area contributed by atoms with Crippen LogP contribution in [0.25, 0.3) is 0 Å². The highest BCUT2D eigenvalue weighted by Gasteiger charge is 2.10. The van der Waals surface area contributed by atoms with Gasteiger partial charge >= 0.3 is 0 Å². The Morgan fingerprint density at radius 1 is 1.20 bits per heavy atom. The second-order valence-electron chi connectivity index (χ2n) is 6.09. The van der Waals surface area contributed by atoms with Crippen LogP contribution in [-0.2, 0) is 6.54 Å². The smallest absolute Gasteiger partial charge is 0.207 e. The van der Waals surface area contributed by atoms with Gasteiger partial charge in [-0.3, -0.25) is 4.90 Å². The van der Waals surface area contributed by atoms with Crippen LogP contribution in [0.4, 0.5) is 10.3 Å². The van der Waals surface area contributed by atoms with Crippen molar-refractivity contribution in [3.8, 4) is 5.75 Å². The van der Waals surface area contributed by atoms with Gasteiger partial charge in [-0.05, 0) is 49.7 Å². The summed E-state index contributed by atoms with van der Waals surface area (Å²) in [5.41, 5.74) is 6.85. The standard InChI is InChI=1S/C18H25N5OS/c19-17-21-22-18(25-17)20-9-2-5-12-24-16-8-6-7-15(13-16)14-23-10-3-1-4-11-23/h2,5-8,13H,1,3-4,9-12,14H2,(H2,19,21)(H,20,22). The molecule has 3 rings (SSSR count). The zero-order chi connectivity index (χ0) is 17.3. The molecule has 0 unspecified atom stereocenters. The summed E-state index contributed by atoms with van der Waals surface area (Å²) in [6, 6.07) is 8.40. The molecule has 0 aliphatic carbocycles. The zero-order valence-electron chi connectivity index (χ0n) is 14.4. The van der Waals surface area contributed by atoms with E-state index in [0.717, 1.165) is 17.4 Å². The Morgan fingerprint density at radius 3 is 2.88 bits per heavy atom. The van der Waals surface area contributed by atoms with Crippen LogP contribution < -0.4 is 15.8 Å². The molecule has 6 nitrogen and oxygen atoms in total. The Morgan fingerprint density at radius 2 is 2.08 bits per heavy atom. The lowest BCUT2D eigenvalue weighted by molar-refractivity contribution is 0.220. The molecule has 7 heteroatoms. The Labute approximate surface area is 152 Å². The first-order valence-corrected chi connectivity index (χ1v) is 9.53. The van der Waals surface area contributed by atoms with Crippen LogP contribution in [-0.4, -0.2) is 41.3 Å². The van der Waals surface area contributed by atoms with Gasteiger partial charge in [0.05, 0.1) is 0 Å². The van der Waals surface area contributed by atoms with Crippen molar-refractivity contribution in [2.45, 2.75) is 25.8 Å². The van der Waals surface area contributed by atoms with E-state index in [1.165, 1.54) is 49.3 Å². The number of nitrogens with one attached hydrogen (secondary N) is 1. The molecule has 2 aromatic rings. The van der Waals surface area contributed by atoms with Crippen LogP contribution in [0.1, 0.15) is 24.8 Å². The van der Waals surface area contributed by atoms with E-state index in [1.54, 1.807) is 0 Å². The van der Waals surface area contributed by atoms with Gasteiger partial charge in [0, 0.05) is 13.1 Å². The van der Waals surface area contributed by atoms with Crippen molar-refractivity contribution < 1.29 is 4.74 Å². The quantitative estimate of drug-likeness (QED) is 0.705. The number of anilines is 2. The number of nitrogens with zero attached hydrogens (tertiary/aromatic N) is 3. The van der Waals surface area contributed by atoms with Crippen molar-refractivity contribution in [1.82, 2.24) is 15.1 Å². The van der Waals surface area contributed by atoms with Crippen LogP contribution >= 0.6 is 11.3 Å². The first kappa shape index (κ1) is 17.7. The molecule has 0 spiro atoms. The topological polar surface area (TPSA) is 76.3 Å². The monoisotopic (exact) mass is 359 g/mol. The minimum Gasteiger partial charge on any atom is -0.490 e. The summed E-state index contributed by atoms with van der Waals surface area (Å²) in [4.78, 5) is 2.52. The largest absolute Gasteiger partial charge is 0.490 e. The predicted molar refractivity (Wildman–Crippen MR) is 103 cm³/mol. The molecule has 1 aliphatic heterocycles. The normalized spacial score (nSPS) is 15.5. The summed E-state index contributed by atoms with van der Waals surface area (Å²) in [5.74, 6) is 0.920. The molecule has 2 heterocycles. The highest BCUT2D eigenvalue weighted by atomic mass is 32.1. The predicted octanol–water partition coefficient (Wildman–Crippen LogP) is 3.15. The fourth-order valence-electron chi connectivity index (χ4n) is 2.86. The van der Waals surface area contributed by atoms with Crippen molar-refractivity contribution in [3.63, 3.8) is 0 Å². The number of nitrogen functional groups attached to an aromatic ring is 1. The molecule has 3 N–H and O–H groups in total. The molecule has 1 aliphatic rings. The number of piperidine rings is 1. The van der Waals surface area contributed by atoms with Crippen LogP contribution in [0.2, 0.25) is 0 Å². The van der Waals surface area contributed by atoms with Gasteiger partial charge in [0.2, 0.25) is 10.3 Å². The average molecular weight is 359 g/mol. The molecule has 1 saturated heterocycles.